The highest BCUT2D eigenvalue weighted by atomic mass is 32.1. The van der Waals surface area contributed by atoms with Crippen LogP contribution in [0.5, 0.6) is 0 Å². The number of rotatable bonds is 4. The molecule has 0 aliphatic carbocycles. The normalized spacial score (nSPS) is 10.8. The Kier molecular flexibility index (Phi) is 4.41. The van der Waals surface area contributed by atoms with E-state index >= 15 is 0 Å². The number of nitrogens with zero attached hydrogens (tertiary/aromatic N) is 2. The number of anilines is 1. The molecular formula is C16H16N4OS. The monoisotopic (exact) mass is 312 g/mol. The van der Waals surface area contributed by atoms with Gasteiger partial charge in [-0.15, -0.1) is 0 Å². The number of benzene rings is 2. The summed E-state index contributed by atoms with van der Waals surface area (Å²) in [5, 5.41) is 15.4. The van der Waals surface area contributed by atoms with Crippen molar-refractivity contribution in [3.8, 4) is 0 Å². The molecule has 0 fully saturated rings. The zero-order chi connectivity index (χ0) is 15.4. The van der Waals surface area contributed by atoms with E-state index in [-0.39, 0.29) is 6.61 Å². The van der Waals surface area contributed by atoms with E-state index in [1.54, 1.807) is 0 Å². The Labute approximate surface area is 133 Å². The molecule has 112 valence electrons. The van der Waals surface area contributed by atoms with Crippen LogP contribution >= 0.6 is 12.2 Å². The minimum atomic E-state index is 0.147. The van der Waals surface area contributed by atoms with Gasteiger partial charge in [0.25, 0.3) is 0 Å². The summed E-state index contributed by atoms with van der Waals surface area (Å²) in [6.07, 6.45) is 0.664. The smallest absolute Gasteiger partial charge is 0.170 e. The number of aliphatic hydroxyl groups excluding tert-OH is 1. The largest absolute Gasteiger partial charge is 0.396 e. The molecule has 1 heterocycles. The average Bonchev–Trinajstić information content (AvgIpc) is 2.53. The Morgan fingerprint density at radius 3 is 2.41 bits per heavy atom. The van der Waals surface area contributed by atoms with E-state index in [1.165, 1.54) is 0 Å². The molecule has 3 N–H and O–H groups in total. The van der Waals surface area contributed by atoms with Crippen molar-refractivity contribution < 1.29 is 5.11 Å². The molecule has 0 aliphatic rings. The van der Waals surface area contributed by atoms with Gasteiger partial charge in [0.1, 0.15) is 0 Å². The Morgan fingerprint density at radius 1 is 1.00 bits per heavy atom. The molecular weight excluding hydrogens is 296 g/mol. The van der Waals surface area contributed by atoms with Gasteiger partial charge in [0.05, 0.1) is 22.1 Å². The van der Waals surface area contributed by atoms with Crippen LogP contribution in [0.25, 0.3) is 22.1 Å². The molecule has 3 rings (SSSR count). The molecule has 0 aliphatic heterocycles. The Morgan fingerprint density at radius 2 is 1.68 bits per heavy atom. The van der Waals surface area contributed by atoms with Crippen molar-refractivity contribution in [2.75, 3.05) is 18.5 Å². The summed E-state index contributed by atoms with van der Waals surface area (Å²) in [4.78, 5) is 9.21. The fourth-order valence-corrected chi connectivity index (χ4v) is 2.37. The van der Waals surface area contributed by atoms with Gasteiger partial charge in [-0.2, -0.15) is 0 Å². The fourth-order valence-electron chi connectivity index (χ4n) is 2.15. The Balaban J connectivity index is 1.83. The summed E-state index contributed by atoms with van der Waals surface area (Å²) in [6, 6.07) is 13.6. The summed E-state index contributed by atoms with van der Waals surface area (Å²) in [5.74, 6) is 0. The summed E-state index contributed by atoms with van der Waals surface area (Å²) in [6.45, 7) is 0.786. The number of hydrogen-bond acceptors (Lipinski definition) is 4. The third-order valence-corrected chi connectivity index (χ3v) is 3.46. The predicted molar refractivity (Wildman–Crippen MR) is 93.0 cm³/mol. The molecule has 0 spiro atoms. The van der Waals surface area contributed by atoms with E-state index in [0.717, 1.165) is 27.8 Å². The topological polar surface area (TPSA) is 70.1 Å². The van der Waals surface area contributed by atoms with Gasteiger partial charge < -0.3 is 15.7 Å². The van der Waals surface area contributed by atoms with Crippen molar-refractivity contribution in [2.24, 2.45) is 0 Å². The zero-order valence-electron chi connectivity index (χ0n) is 11.9. The maximum absolute atomic E-state index is 8.75. The zero-order valence-corrected chi connectivity index (χ0v) is 12.7. The lowest BCUT2D eigenvalue weighted by Gasteiger charge is -2.10. The Bertz CT molecular complexity index is 821. The first-order valence-electron chi connectivity index (χ1n) is 7.08. The highest BCUT2D eigenvalue weighted by Crippen LogP contribution is 2.19. The van der Waals surface area contributed by atoms with Crippen molar-refractivity contribution in [1.29, 1.82) is 0 Å². The first-order chi connectivity index (χ1) is 10.8. The van der Waals surface area contributed by atoms with Crippen molar-refractivity contribution in [3.63, 3.8) is 0 Å². The van der Waals surface area contributed by atoms with Crippen LogP contribution in [0.2, 0.25) is 0 Å². The van der Waals surface area contributed by atoms with Crippen molar-refractivity contribution in [1.82, 2.24) is 15.3 Å². The first kappa shape index (κ1) is 14.6. The molecule has 22 heavy (non-hydrogen) atoms. The lowest BCUT2D eigenvalue weighted by molar-refractivity contribution is 0.289. The summed E-state index contributed by atoms with van der Waals surface area (Å²) >= 11 is 5.21. The molecule has 0 radical (unpaired) electrons. The second-order valence-electron chi connectivity index (χ2n) is 4.87. The van der Waals surface area contributed by atoms with E-state index in [0.29, 0.717) is 18.1 Å². The van der Waals surface area contributed by atoms with Crippen LogP contribution in [-0.2, 0) is 0 Å². The molecule has 3 aromatic rings. The highest BCUT2D eigenvalue weighted by Gasteiger charge is 2.03. The predicted octanol–water partition coefficient (Wildman–Crippen LogP) is 2.45. The molecule has 1 aromatic heterocycles. The van der Waals surface area contributed by atoms with E-state index in [4.69, 9.17) is 17.3 Å². The van der Waals surface area contributed by atoms with Crippen LogP contribution in [0.4, 0.5) is 5.69 Å². The van der Waals surface area contributed by atoms with E-state index in [9.17, 15) is 0 Å². The standard InChI is InChI=1S/C16H16N4OS/c21-9-3-8-17-16(22)18-11-6-7-14-15(10-11)20-13-5-2-1-4-12(13)19-14/h1-2,4-7,10,21H,3,8-9H2,(H2,17,18,22). The third-order valence-electron chi connectivity index (χ3n) is 3.22. The lowest BCUT2D eigenvalue weighted by atomic mass is 10.2. The van der Waals surface area contributed by atoms with Gasteiger partial charge in [-0.25, -0.2) is 9.97 Å². The van der Waals surface area contributed by atoms with Gasteiger partial charge in [0.15, 0.2) is 5.11 Å². The first-order valence-corrected chi connectivity index (χ1v) is 7.49. The number of aliphatic hydroxyl groups is 1. The van der Waals surface area contributed by atoms with Crippen LogP contribution in [0.15, 0.2) is 42.5 Å². The number of hydrogen-bond donors (Lipinski definition) is 3. The minimum absolute atomic E-state index is 0.147. The highest BCUT2D eigenvalue weighted by molar-refractivity contribution is 7.80. The summed E-state index contributed by atoms with van der Waals surface area (Å²) in [7, 11) is 0. The van der Waals surface area contributed by atoms with Crippen LogP contribution in [0.1, 0.15) is 6.42 Å². The van der Waals surface area contributed by atoms with Crippen molar-refractivity contribution in [3.05, 3.63) is 42.5 Å². The van der Waals surface area contributed by atoms with Gasteiger partial charge in [-0.1, -0.05) is 12.1 Å². The average molecular weight is 312 g/mol. The fraction of sp³-hybridized carbons (Fsp3) is 0.188. The van der Waals surface area contributed by atoms with Crippen LogP contribution < -0.4 is 10.6 Å². The molecule has 2 aromatic carbocycles. The molecule has 0 saturated heterocycles. The van der Waals surface area contributed by atoms with E-state index < -0.39 is 0 Å². The minimum Gasteiger partial charge on any atom is -0.396 e. The maximum Gasteiger partial charge on any atom is 0.170 e. The maximum atomic E-state index is 8.75. The van der Waals surface area contributed by atoms with Gasteiger partial charge in [0, 0.05) is 18.8 Å². The SMILES string of the molecule is OCCCNC(=S)Nc1ccc2nc3ccccc3nc2c1. The van der Waals surface area contributed by atoms with E-state index in [1.807, 2.05) is 42.5 Å². The van der Waals surface area contributed by atoms with Crippen LogP contribution in [0.3, 0.4) is 0 Å². The van der Waals surface area contributed by atoms with Crippen LogP contribution in [0, 0.1) is 0 Å². The summed E-state index contributed by atoms with van der Waals surface area (Å²) in [5.41, 5.74) is 4.29. The lowest BCUT2D eigenvalue weighted by Crippen LogP contribution is -2.29. The number of nitrogens with one attached hydrogen (secondary N) is 2. The molecule has 5 nitrogen and oxygen atoms in total. The van der Waals surface area contributed by atoms with Gasteiger partial charge in [-0.3, -0.25) is 0 Å². The molecule has 0 amide bonds. The van der Waals surface area contributed by atoms with Crippen molar-refractivity contribution >= 4 is 45.1 Å². The molecule has 0 atom stereocenters. The molecule has 0 unspecified atom stereocenters. The quantitative estimate of drug-likeness (QED) is 0.390. The molecule has 0 saturated carbocycles. The second-order valence-corrected chi connectivity index (χ2v) is 5.28. The second kappa shape index (κ2) is 6.64. The molecule has 6 heteroatoms. The molecule has 0 bridgehead atoms. The number of fused-ring (bicyclic) bond motifs is 2. The third kappa shape index (κ3) is 3.29. The number of para-hydroxylation sites is 2. The van der Waals surface area contributed by atoms with Crippen LogP contribution in [-0.4, -0.2) is 33.3 Å². The van der Waals surface area contributed by atoms with Gasteiger partial charge in [-0.05, 0) is 49.0 Å². The van der Waals surface area contributed by atoms with Gasteiger partial charge >= 0.3 is 0 Å². The van der Waals surface area contributed by atoms with Gasteiger partial charge in [0.2, 0.25) is 0 Å². The van der Waals surface area contributed by atoms with Crippen molar-refractivity contribution in [2.45, 2.75) is 6.42 Å². The summed E-state index contributed by atoms with van der Waals surface area (Å²) < 4.78 is 0. The number of aromatic nitrogens is 2. The Hall–Kier alpha value is -2.31. The van der Waals surface area contributed by atoms with E-state index in [2.05, 4.69) is 20.6 Å². The number of thiocarbonyl (C=S) groups is 1.